The molecule has 5 rings (SSSR count). The van der Waals surface area contributed by atoms with Crippen LogP contribution in [0.4, 0.5) is 0 Å². The van der Waals surface area contributed by atoms with Gasteiger partial charge >= 0.3 is 0 Å². The molecule has 3 nitrogen and oxygen atoms in total. The molecule has 0 spiro atoms. The maximum absolute atomic E-state index is 11.4. The molecule has 3 aromatic carbocycles. The highest BCUT2D eigenvalue weighted by Crippen LogP contribution is 2.46. The molecule has 0 aliphatic carbocycles. The van der Waals surface area contributed by atoms with E-state index in [2.05, 4.69) is 12.1 Å². The minimum atomic E-state index is 0.544. The van der Waals surface area contributed by atoms with Crippen molar-refractivity contribution in [1.29, 1.82) is 0 Å². The van der Waals surface area contributed by atoms with E-state index in [-0.39, 0.29) is 0 Å². The summed E-state index contributed by atoms with van der Waals surface area (Å²) in [5, 5.41) is 0.544. The molecule has 0 N–H and O–H groups in total. The van der Waals surface area contributed by atoms with Crippen molar-refractivity contribution in [2.45, 2.75) is 18.5 Å². The SMILES string of the molecule is O=Cc1cc(Cl)c(Sc2nc3ccccc3s2)c(Sc2nc3ccccc3s2)c1. The van der Waals surface area contributed by atoms with E-state index in [0.29, 0.717) is 10.6 Å². The number of aldehydes is 1. The van der Waals surface area contributed by atoms with Gasteiger partial charge in [-0.15, -0.1) is 22.7 Å². The lowest BCUT2D eigenvalue weighted by Gasteiger charge is -2.09. The van der Waals surface area contributed by atoms with Crippen molar-refractivity contribution in [3.05, 3.63) is 71.2 Å². The van der Waals surface area contributed by atoms with E-state index < -0.39 is 0 Å². The topological polar surface area (TPSA) is 42.9 Å². The van der Waals surface area contributed by atoms with Crippen LogP contribution < -0.4 is 0 Å². The quantitative estimate of drug-likeness (QED) is 0.246. The van der Waals surface area contributed by atoms with Crippen LogP contribution in [0.5, 0.6) is 0 Å². The molecule has 0 saturated heterocycles. The van der Waals surface area contributed by atoms with Gasteiger partial charge in [-0.1, -0.05) is 59.4 Å². The predicted molar refractivity (Wildman–Crippen MR) is 124 cm³/mol. The van der Waals surface area contributed by atoms with E-state index in [9.17, 15) is 4.79 Å². The van der Waals surface area contributed by atoms with Crippen molar-refractivity contribution in [3.63, 3.8) is 0 Å². The fourth-order valence-corrected chi connectivity index (χ4v) is 7.60. The minimum Gasteiger partial charge on any atom is -0.298 e. The van der Waals surface area contributed by atoms with E-state index in [1.807, 2.05) is 42.5 Å². The van der Waals surface area contributed by atoms with Crippen molar-refractivity contribution in [1.82, 2.24) is 9.97 Å². The first-order valence-corrected chi connectivity index (χ1v) is 12.2. The summed E-state index contributed by atoms with van der Waals surface area (Å²) < 4.78 is 4.10. The van der Waals surface area contributed by atoms with Crippen molar-refractivity contribution in [2.75, 3.05) is 0 Å². The van der Waals surface area contributed by atoms with Crippen LogP contribution in [-0.4, -0.2) is 16.3 Å². The van der Waals surface area contributed by atoms with E-state index in [0.717, 1.165) is 45.2 Å². The van der Waals surface area contributed by atoms with Crippen LogP contribution >= 0.6 is 57.8 Å². The summed E-state index contributed by atoms with van der Waals surface area (Å²) in [5.74, 6) is 0. The number of hydrogen-bond donors (Lipinski definition) is 0. The van der Waals surface area contributed by atoms with Gasteiger partial charge in [-0.05, 0) is 36.4 Å². The third kappa shape index (κ3) is 3.93. The van der Waals surface area contributed by atoms with E-state index in [1.54, 1.807) is 28.7 Å². The van der Waals surface area contributed by atoms with Crippen LogP contribution in [0.25, 0.3) is 20.4 Å². The zero-order valence-corrected chi connectivity index (χ0v) is 18.7. The third-order valence-electron chi connectivity index (χ3n) is 4.10. The van der Waals surface area contributed by atoms with Crippen molar-refractivity contribution < 1.29 is 4.79 Å². The Bertz CT molecular complexity index is 1300. The second-order valence-electron chi connectivity index (χ2n) is 6.05. The number of aromatic nitrogens is 2. The molecule has 8 heteroatoms. The highest BCUT2D eigenvalue weighted by Gasteiger charge is 2.17. The van der Waals surface area contributed by atoms with Crippen LogP contribution in [0.1, 0.15) is 10.4 Å². The van der Waals surface area contributed by atoms with E-state index >= 15 is 0 Å². The molecule has 0 fully saturated rings. The number of carbonyl (C=O) groups is 1. The van der Waals surface area contributed by atoms with Crippen LogP contribution in [0, 0.1) is 0 Å². The Morgan fingerprint density at radius 1 is 0.828 bits per heavy atom. The summed E-state index contributed by atoms with van der Waals surface area (Å²) in [7, 11) is 0. The molecular weight excluding hydrogens is 460 g/mol. The van der Waals surface area contributed by atoms with Gasteiger partial charge in [0.1, 0.15) is 6.29 Å². The summed E-state index contributed by atoms with van der Waals surface area (Å²) in [6.07, 6.45) is 0.820. The molecule has 29 heavy (non-hydrogen) atoms. The Morgan fingerprint density at radius 3 is 2.00 bits per heavy atom. The molecule has 2 aromatic heterocycles. The van der Waals surface area contributed by atoms with Gasteiger partial charge in [-0.2, -0.15) is 0 Å². The van der Waals surface area contributed by atoms with Gasteiger partial charge in [0.25, 0.3) is 0 Å². The van der Waals surface area contributed by atoms with Crippen LogP contribution in [-0.2, 0) is 0 Å². The number of rotatable bonds is 5. The van der Waals surface area contributed by atoms with Gasteiger partial charge < -0.3 is 0 Å². The molecule has 0 atom stereocenters. The van der Waals surface area contributed by atoms with Gasteiger partial charge in [-0.3, -0.25) is 4.79 Å². The summed E-state index contributed by atoms with van der Waals surface area (Å²) in [6, 6.07) is 19.7. The Morgan fingerprint density at radius 2 is 1.41 bits per heavy atom. The molecule has 5 aromatic rings. The molecule has 142 valence electrons. The number of nitrogens with zero attached hydrogens (tertiary/aromatic N) is 2. The molecule has 0 aliphatic heterocycles. The maximum atomic E-state index is 11.4. The van der Waals surface area contributed by atoms with Crippen LogP contribution in [0.15, 0.2) is 79.1 Å². The van der Waals surface area contributed by atoms with Crippen LogP contribution in [0.2, 0.25) is 5.02 Å². The van der Waals surface area contributed by atoms with Crippen molar-refractivity contribution in [3.8, 4) is 0 Å². The maximum Gasteiger partial charge on any atom is 0.155 e. The van der Waals surface area contributed by atoms with Gasteiger partial charge in [0.05, 0.1) is 25.5 Å². The van der Waals surface area contributed by atoms with Crippen molar-refractivity contribution >= 4 is 84.5 Å². The number of hydrogen-bond acceptors (Lipinski definition) is 7. The van der Waals surface area contributed by atoms with Gasteiger partial charge in [-0.25, -0.2) is 9.97 Å². The monoisotopic (exact) mass is 470 g/mol. The smallest absolute Gasteiger partial charge is 0.155 e. The number of carbonyl (C=O) groups excluding carboxylic acids is 1. The number of benzene rings is 3. The number of halogens is 1. The first-order chi connectivity index (χ1) is 14.2. The van der Waals surface area contributed by atoms with Gasteiger partial charge in [0.15, 0.2) is 8.68 Å². The average Bonchev–Trinajstić information content (AvgIpc) is 3.32. The minimum absolute atomic E-state index is 0.544. The van der Waals surface area contributed by atoms with Gasteiger partial charge in [0, 0.05) is 15.4 Å². The summed E-state index contributed by atoms with van der Waals surface area (Å²) in [5.41, 5.74) is 2.49. The van der Waals surface area contributed by atoms with Crippen LogP contribution in [0.3, 0.4) is 0 Å². The second-order valence-corrected chi connectivity index (χ2v) is 11.1. The number of fused-ring (bicyclic) bond motifs is 2. The zero-order chi connectivity index (χ0) is 19.8. The van der Waals surface area contributed by atoms with E-state index in [1.165, 1.54) is 23.5 Å². The summed E-state index contributed by atoms with van der Waals surface area (Å²) >= 11 is 12.9. The standard InChI is InChI=1S/C21H11ClN2OS4/c22-13-9-12(11-25)10-18(28-20-23-14-5-1-3-7-16(14)26-20)19(13)29-21-24-15-6-2-4-8-17(15)27-21/h1-11H. The lowest BCUT2D eigenvalue weighted by molar-refractivity contribution is 0.112. The Balaban J connectivity index is 1.55. The lowest BCUT2D eigenvalue weighted by Crippen LogP contribution is -1.87. The zero-order valence-electron chi connectivity index (χ0n) is 14.7. The Labute approximate surface area is 188 Å². The summed E-state index contributed by atoms with van der Waals surface area (Å²) in [6.45, 7) is 0. The molecule has 0 aliphatic rings. The van der Waals surface area contributed by atoms with Crippen molar-refractivity contribution in [2.24, 2.45) is 0 Å². The molecule has 2 heterocycles. The summed E-state index contributed by atoms with van der Waals surface area (Å²) in [4.78, 5) is 22.6. The molecular formula is C21H11ClN2OS4. The molecule has 0 radical (unpaired) electrons. The largest absolute Gasteiger partial charge is 0.298 e. The molecule has 0 saturated carbocycles. The molecule has 0 bridgehead atoms. The molecule has 0 unspecified atom stereocenters. The Kier molecular flexibility index (Phi) is 5.32. The fraction of sp³-hybridized carbons (Fsp3) is 0. The highest BCUT2D eigenvalue weighted by molar-refractivity contribution is 8.04. The molecule has 0 amide bonds. The average molecular weight is 471 g/mol. The normalized spacial score (nSPS) is 11.3. The number of para-hydroxylation sites is 2. The fourth-order valence-electron chi connectivity index (χ4n) is 2.80. The number of thiazole rings is 2. The highest BCUT2D eigenvalue weighted by atomic mass is 35.5. The lowest BCUT2D eigenvalue weighted by atomic mass is 10.2. The second kappa shape index (κ2) is 8.08. The first-order valence-electron chi connectivity index (χ1n) is 8.55. The first kappa shape index (κ1) is 19.1. The Hall–Kier alpha value is -1.90. The van der Waals surface area contributed by atoms with E-state index in [4.69, 9.17) is 21.6 Å². The third-order valence-corrected chi connectivity index (χ3v) is 9.02. The predicted octanol–water partition coefficient (Wildman–Crippen LogP) is 7.67. The van der Waals surface area contributed by atoms with Gasteiger partial charge in [0.2, 0.25) is 0 Å².